The quantitative estimate of drug-likeness (QED) is 0.0336. The Hall–Kier alpha value is -6.26. The molecule has 2 amide bonds. The van der Waals surface area contributed by atoms with Crippen LogP contribution in [0.4, 0.5) is 4.79 Å². The van der Waals surface area contributed by atoms with Gasteiger partial charge < -0.3 is 39.5 Å². The number of pyridine rings is 1. The summed E-state index contributed by atoms with van der Waals surface area (Å²) in [4.78, 5) is 87.0. The number of Topliss-reactive ketones (excluding diaryl/α,β-unsaturated/α-hetero) is 1. The summed E-state index contributed by atoms with van der Waals surface area (Å²) in [7, 11) is 0. The number of benzene rings is 2. The minimum Gasteiger partial charge on any atom is -0.460 e. The Kier molecular flexibility index (Phi) is 16.2. The topological polar surface area (TPSA) is 221 Å². The predicted molar refractivity (Wildman–Crippen MR) is 241 cm³/mol. The Morgan fingerprint density at radius 1 is 0.969 bits per heavy atom. The summed E-state index contributed by atoms with van der Waals surface area (Å²) in [6.07, 6.45) is 0.541. The van der Waals surface area contributed by atoms with E-state index in [1.807, 2.05) is 6.92 Å². The second-order valence-electron chi connectivity index (χ2n) is 18.0. The van der Waals surface area contributed by atoms with Crippen molar-refractivity contribution in [2.24, 2.45) is 22.6 Å². The van der Waals surface area contributed by atoms with Crippen LogP contribution in [0.2, 0.25) is 0 Å². The maximum absolute atomic E-state index is 14.3. The number of aliphatic imine (C=N–C) groups is 1. The van der Waals surface area contributed by atoms with Crippen molar-refractivity contribution in [1.29, 1.82) is 0 Å². The minimum absolute atomic E-state index is 0.00656. The molecular weight excluding hydrogens is 837 g/mol. The smallest absolute Gasteiger partial charge is 0.435 e. The summed E-state index contributed by atoms with van der Waals surface area (Å²) in [5.41, 5.74) is 8.51. The molecule has 1 aliphatic carbocycles. The number of aromatic nitrogens is 1. The van der Waals surface area contributed by atoms with Gasteiger partial charge in [-0.2, -0.15) is 4.99 Å². The Morgan fingerprint density at radius 3 is 2.28 bits per heavy atom. The standard InChI is InChI=1S/C49H60N4O12/c1-11-32-22-38(37(20-28(32)4)36-18-19-39(44(56)51-25-31-12-13-31)52-42(36)46(58)62-29(5)61-45(57)27(2)3)40(54)21-30-14-16-33(17-15-30)43(50)53-47(59)60-26-35-23-34(63-49(9,10)64-35)24-41(55)65-48(6,7)8/h11,14-20,22,27,29,31,34-35H,1,12-13,21,23-26H2,2-10H3,(H,51,56)(H2,50,53,59)/t29?,34-,35+/m1/s1. The van der Waals surface area contributed by atoms with Crippen LogP contribution in [0.1, 0.15) is 135 Å². The third-order valence-electron chi connectivity index (χ3n) is 10.3. The number of aryl methyl sites for hydroxylation is 1. The molecule has 3 aromatic rings. The molecule has 1 aliphatic heterocycles. The second kappa shape index (κ2) is 21.2. The van der Waals surface area contributed by atoms with E-state index < -0.39 is 65.7 Å². The summed E-state index contributed by atoms with van der Waals surface area (Å²) < 4.78 is 33.4. The number of esters is 3. The van der Waals surface area contributed by atoms with Crippen LogP contribution in [0.25, 0.3) is 17.2 Å². The van der Waals surface area contributed by atoms with E-state index in [0.717, 1.165) is 18.4 Å². The number of carbonyl (C=O) groups excluding carboxylic acids is 6. The lowest BCUT2D eigenvalue weighted by Crippen LogP contribution is -2.47. The van der Waals surface area contributed by atoms with Crippen LogP contribution < -0.4 is 11.1 Å². The van der Waals surface area contributed by atoms with Crippen LogP contribution in [0, 0.1) is 18.8 Å². The van der Waals surface area contributed by atoms with E-state index in [-0.39, 0.29) is 60.0 Å². The molecule has 1 saturated carbocycles. The molecule has 1 saturated heterocycles. The lowest BCUT2D eigenvalue weighted by atomic mass is 9.89. The van der Waals surface area contributed by atoms with Crippen molar-refractivity contribution in [2.45, 2.75) is 124 Å². The Balaban J connectivity index is 1.32. The van der Waals surface area contributed by atoms with Gasteiger partial charge in [0.25, 0.3) is 5.91 Å². The van der Waals surface area contributed by atoms with Gasteiger partial charge in [-0.25, -0.2) is 14.6 Å². The van der Waals surface area contributed by atoms with Gasteiger partial charge in [0.2, 0.25) is 6.29 Å². The molecule has 0 bridgehead atoms. The van der Waals surface area contributed by atoms with E-state index in [0.29, 0.717) is 34.7 Å². The summed E-state index contributed by atoms with van der Waals surface area (Å²) in [5, 5.41) is 2.85. The first-order valence-electron chi connectivity index (χ1n) is 21.7. The first kappa shape index (κ1) is 49.8. The molecule has 3 atom stereocenters. The normalized spacial score (nSPS) is 17.7. The number of ketones is 1. The molecular formula is C49H60N4O12. The average molecular weight is 897 g/mol. The number of amidine groups is 1. The Labute approximate surface area is 379 Å². The van der Waals surface area contributed by atoms with E-state index in [1.54, 1.807) is 97.0 Å². The summed E-state index contributed by atoms with van der Waals surface area (Å²) >= 11 is 0. The van der Waals surface area contributed by atoms with Gasteiger partial charge in [-0.1, -0.05) is 56.8 Å². The van der Waals surface area contributed by atoms with Gasteiger partial charge >= 0.3 is 24.0 Å². The number of carbonyl (C=O) groups is 6. The number of rotatable bonds is 17. The number of amides is 2. The van der Waals surface area contributed by atoms with Crippen molar-refractivity contribution in [2.75, 3.05) is 13.2 Å². The zero-order valence-corrected chi connectivity index (χ0v) is 38.6. The number of ether oxygens (including phenoxy) is 6. The summed E-state index contributed by atoms with van der Waals surface area (Å²) in [5.74, 6) is -3.98. The lowest BCUT2D eigenvalue weighted by molar-refractivity contribution is -0.303. The van der Waals surface area contributed by atoms with Gasteiger partial charge in [0, 0.05) is 43.0 Å². The van der Waals surface area contributed by atoms with Crippen LogP contribution in [0.5, 0.6) is 0 Å². The molecule has 348 valence electrons. The highest BCUT2D eigenvalue weighted by Crippen LogP contribution is 2.33. The molecule has 1 unspecified atom stereocenters. The second-order valence-corrected chi connectivity index (χ2v) is 18.0. The van der Waals surface area contributed by atoms with Gasteiger partial charge in [0.05, 0.1) is 24.5 Å². The molecule has 1 aromatic heterocycles. The SMILES string of the molecule is C=Cc1cc(C(=O)Cc2ccc(C(N)=NC(=O)OC[C@@H]3C[C@H](CC(=O)OC(C)(C)C)OC(C)(C)O3)cc2)c(-c2ccc(C(=O)NCC3CC3)nc2C(=O)OC(C)OC(=O)C(C)C)cc1C. The van der Waals surface area contributed by atoms with Gasteiger partial charge in [-0.3, -0.25) is 19.2 Å². The first-order valence-corrected chi connectivity index (χ1v) is 21.7. The number of nitrogens with zero attached hydrogens (tertiary/aromatic N) is 2. The highest BCUT2D eigenvalue weighted by molar-refractivity contribution is 6.07. The van der Waals surface area contributed by atoms with E-state index in [9.17, 15) is 28.8 Å². The summed E-state index contributed by atoms with van der Waals surface area (Å²) in [6, 6.07) is 13.0. The monoisotopic (exact) mass is 896 g/mol. The predicted octanol–water partition coefficient (Wildman–Crippen LogP) is 7.45. The van der Waals surface area contributed by atoms with Gasteiger partial charge in [0.15, 0.2) is 17.3 Å². The minimum atomic E-state index is -1.27. The van der Waals surface area contributed by atoms with Crippen molar-refractivity contribution >= 4 is 47.6 Å². The molecule has 2 aromatic carbocycles. The van der Waals surface area contributed by atoms with Crippen LogP contribution in [-0.4, -0.2) is 89.5 Å². The van der Waals surface area contributed by atoms with Crippen LogP contribution in [0.3, 0.4) is 0 Å². The van der Waals surface area contributed by atoms with E-state index in [4.69, 9.17) is 34.2 Å². The maximum atomic E-state index is 14.3. The molecule has 16 heteroatoms. The fraction of sp³-hybridized carbons (Fsp3) is 0.469. The highest BCUT2D eigenvalue weighted by atomic mass is 16.7. The lowest BCUT2D eigenvalue weighted by Gasteiger charge is -2.40. The number of nitrogens with one attached hydrogen (secondary N) is 1. The maximum Gasteiger partial charge on any atom is 0.435 e. The van der Waals surface area contributed by atoms with Crippen LogP contribution >= 0.6 is 0 Å². The number of hydrogen-bond donors (Lipinski definition) is 2. The molecule has 2 fully saturated rings. The molecule has 0 radical (unpaired) electrons. The van der Waals surface area contributed by atoms with E-state index >= 15 is 0 Å². The van der Waals surface area contributed by atoms with Gasteiger partial charge in [-0.05, 0) is 101 Å². The third-order valence-corrected chi connectivity index (χ3v) is 10.3. The molecule has 5 rings (SSSR count). The molecule has 16 nitrogen and oxygen atoms in total. The van der Waals surface area contributed by atoms with Gasteiger partial charge in [-0.15, -0.1) is 0 Å². The zero-order chi connectivity index (χ0) is 47.8. The van der Waals surface area contributed by atoms with Crippen molar-refractivity contribution in [3.63, 3.8) is 0 Å². The third kappa shape index (κ3) is 14.6. The molecule has 3 N–H and O–H groups in total. The molecule has 65 heavy (non-hydrogen) atoms. The highest BCUT2D eigenvalue weighted by Gasteiger charge is 2.38. The largest absolute Gasteiger partial charge is 0.460 e. The van der Waals surface area contributed by atoms with Crippen LogP contribution in [0.15, 0.2) is 60.1 Å². The zero-order valence-electron chi connectivity index (χ0n) is 38.6. The van der Waals surface area contributed by atoms with Crippen molar-refractivity contribution < 1.29 is 57.2 Å². The molecule has 2 heterocycles. The molecule has 0 spiro atoms. The van der Waals surface area contributed by atoms with Crippen LogP contribution in [-0.2, 0) is 44.4 Å². The van der Waals surface area contributed by atoms with E-state index in [2.05, 4.69) is 21.9 Å². The fourth-order valence-corrected chi connectivity index (χ4v) is 6.99. The Bertz CT molecular complexity index is 2330. The summed E-state index contributed by atoms with van der Waals surface area (Å²) in [6.45, 7) is 19.5. The fourth-order valence-electron chi connectivity index (χ4n) is 6.99. The van der Waals surface area contributed by atoms with Crippen molar-refractivity contribution in [3.05, 3.63) is 94.3 Å². The molecule has 2 aliphatic rings. The Morgan fingerprint density at radius 2 is 1.65 bits per heavy atom. The average Bonchev–Trinajstić information content (AvgIpc) is 4.05. The van der Waals surface area contributed by atoms with Crippen molar-refractivity contribution in [3.8, 4) is 11.1 Å². The van der Waals surface area contributed by atoms with Gasteiger partial charge in [0.1, 0.15) is 23.7 Å². The van der Waals surface area contributed by atoms with E-state index in [1.165, 1.54) is 13.0 Å². The number of nitrogens with two attached hydrogens (primary N) is 1. The van der Waals surface area contributed by atoms with Crippen molar-refractivity contribution in [1.82, 2.24) is 10.3 Å². The number of hydrogen-bond acceptors (Lipinski definition) is 13. The first-order chi connectivity index (χ1) is 30.5.